The quantitative estimate of drug-likeness (QED) is 0.646. The fourth-order valence-electron chi connectivity index (χ4n) is 2.51. The molecule has 1 aromatic heterocycles. The van der Waals surface area contributed by atoms with E-state index in [1.54, 1.807) is 23.1 Å². The van der Waals surface area contributed by atoms with Crippen LogP contribution in [0.1, 0.15) is 17.5 Å². The highest BCUT2D eigenvalue weighted by Crippen LogP contribution is 2.31. The third-order valence-electron chi connectivity index (χ3n) is 3.70. The average Bonchev–Trinajstić information content (AvgIpc) is 3.06. The molecule has 122 valence electrons. The first-order valence-corrected chi connectivity index (χ1v) is 8.41. The van der Waals surface area contributed by atoms with Crippen molar-refractivity contribution in [2.45, 2.75) is 6.92 Å². The van der Waals surface area contributed by atoms with E-state index in [1.165, 1.54) is 0 Å². The van der Waals surface area contributed by atoms with Gasteiger partial charge in [-0.1, -0.05) is 18.2 Å². The molecule has 2 aromatic carbocycles. The molecule has 24 heavy (non-hydrogen) atoms. The molecule has 3 aromatic rings. The zero-order valence-electron chi connectivity index (χ0n) is 13.2. The van der Waals surface area contributed by atoms with Crippen molar-refractivity contribution < 1.29 is 9.21 Å². The molecule has 0 saturated heterocycles. The van der Waals surface area contributed by atoms with Gasteiger partial charge in [-0.05, 0) is 65.3 Å². The number of halogens is 1. The Labute approximate surface area is 149 Å². The predicted octanol–water partition coefficient (Wildman–Crippen LogP) is 4.96. The first-order valence-electron chi connectivity index (χ1n) is 7.62. The summed E-state index contributed by atoms with van der Waals surface area (Å²) >= 11 is 3.47. The zero-order chi connectivity index (χ0) is 17.1. The van der Waals surface area contributed by atoms with Gasteiger partial charge in [0, 0.05) is 28.0 Å². The predicted molar refractivity (Wildman–Crippen MR) is 100 cm³/mol. The first kappa shape index (κ1) is 16.3. The highest BCUT2D eigenvalue weighted by molar-refractivity contribution is 9.10. The first-order chi connectivity index (χ1) is 11.6. The lowest BCUT2D eigenvalue weighted by Gasteiger charge is -2.19. The second-order valence-electron chi connectivity index (χ2n) is 5.29. The lowest BCUT2D eigenvalue weighted by atomic mass is 10.1. The van der Waals surface area contributed by atoms with Gasteiger partial charge in [0.05, 0.1) is 0 Å². The van der Waals surface area contributed by atoms with Crippen LogP contribution in [0.2, 0.25) is 0 Å². The van der Waals surface area contributed by atoms with Gasteiger partial charge in [-0.3, -0.25) is 4.79 Å². The van der Waals surface area contributed by atoms with Crippen molar-refractivity contribution in [2.24, 2.45) is 0 Å². The molecule has 0 aliphatic rings. The molecule has 1 amide bonds. The molecule has 1 heterocycles. The Morgan fingerprint density at radius 3 is 2.54 bits per heavy atom. The second-order valence-corrected chi connectivity index (χ2v) is 6.14. The number of benzene rings is 2. The number of furan rings is 1. The van der Waals surface area contributed by atoms with E-state index >= 15 is 0 Å². The Morgan fingerprint density at radius 1 is 1.12 bits per heavy atom. The van der Waals surface area contributed by atoms with Gasteiger partial charge in [-0.2, -0.15) is 0 Å². The van der Waals surface area contributed by atoms with Crippen LogP contribution in [-0.4, -0.2) is 12.5 Å². The monoisotopic (exact) mass is 384 g/mol. The number of para-hydroxylation sites is 1. The molecule has 0 atom stereocenters. The number of carbonyl (C=O) groups is 1. The minimum atomic E-state index is -0.165. The molecule has 0 aliphatic heterocycles. The number of carbonyl (C=O) groups excluding carboxylic acids is 1. The van der Waals surface area contributed by atoms with Crippen LogP contribution in [0.15, 0.2) is 69.6 Å². The minimum absolute atomic E-state index is 0.165. The highest BCUT2D eigenvalue weighted by Gasteiger charge is 2.20. The van der Waals surface area contributed by atoms with Crippen molar-refractivity contribution in [1.82, 2.24) is 0 Å². The van der Waals surface area contributed by atoms with Crippen LogP contribution in [0, 0.1) is 0 Å². The van der Waals surface area contributed by atoms with Gasteiger partial charge in [0.1, 0.15) is 5.76 Å². The van der Waals surface area contributed by atoms with Crippen LogP contribution in [0.4, 0.5) is 11.4 Å². The van der Waals surface area contributed by atoms with Crippen LogP contribution < -0.4 is 10.6 Å². The highest BCUT2D eigenvalue weighted by atomic mass is 79.9. The van der Waals surface area contributed by atoms with Crippen molar-refractivity contribution in [1.29, 1.82) is 0 Å². The van der Waals surface area contributed by atoms with Crippen LogP contribution in [-0.2, 0) is 0 Å². The Kier molecular flexibility index (Phi) is 4.71. The summed E-state index contributed by atoms with van der Waals surface area (Å²) in [6.45, 7) is 2.50. The van der Waals surface area contributed by atoms with Gasteiger partial charge >= 0.3 is 0 Å². The van der Waals surface area contributed by atoms with Crippen LogP contribution in [0.3, 0.4) is 0 Å². The molecule has 0 aliphatic carbocycles. The zero-order valence-corrected chi connectivity index (χ0v) is 14.8. The molecule has 0 unspecified atom stereocenters. The molecule has 0 fully saturated rings. The van der Waals surface area contributed by atoms with Gasteiger partial charge in [0.25, 0.3) is 5.91 Å². The topological polar surface area (TPSA) is 59.5 Å². The molecular formula is C19H17BrN2O2. The molecule has 3 rings (SSSR count). The second kappa shape index (κ2) is 6.93. The number of nitrogens with two attached hydrogens (primary N) is 1. The molecule has 0 bridgehead atoms. The SMILES string of the molecule is CCN(C(=O)c1ccc(-c2ccc(N)cc2Br)o1)c1ccccc1. The lowest BCUT2D eigenvalue weighted by molar-refractivity contribution is 0.0962. The number of rotatable bonds is 4. The Hall–Kier alpha value is -2.53. The van der Waals surface area contributed by atoms with Crippen LogP contribution in [0.25, 0.3) is 11.3 Å². The third kappa shape index (κ3) is 3.21. The van der Waals surface area contributed by atoms with E-state index in [2.05, 4.69) is 15.9 Å². The van der Waals surface area contributed by atoms with Gasteiger partial charge in [-0.25, -0.2) is 0 Å². The van der Waals surface area contributed by atoms with E-state index in [0.29, 0.717) is 23.8 Å². The van der Waals surface area contributed by atoms with Gasteiger partial charge < -0.3 is 15.1 Å². The Balaban J connectivity index is 1.91. The fourth-order valence-corrected chi connectivity index (χ4v) is 3.11. The van der Waals surface area contributed by atoms with Crippen molar-refractivity contribution in [3.05, 3.63) is 70.9 Å². The number of anilines is 2. The Morgan fingerprint density at radius 2 is 1.88 bits per heavy atom. The normalized spacial score (nSPS) is 10.6. The van der Waals surface area contributed by atoms with Gasteiger partial charge in [-0.15, -0.1) is 0 Å². The summed E-state index contributed by atoms with van der Waals surface area (Å²) in [6, 6.07) is 18.5. The number of hydrogen-bond donors (Lipinski definition) is 1. The number of nitrogen functional groups attached to an aromatic ring is 1. The van der Waals surface area contributed by atoms with Crippen molar-refractivity contribution >= 4 is 33.2 Å². The smallest absolute Gasteiger partial charge is 0.293 e. The summed E-state index contributed by atoms with van der Waals surface area (Å²) < 4.78 is 6.62. The van der Waals surface area contributed by atoms with Gasteiger partial charge in [0.15, 0.2) is 5.76 Å². The lowest BCUT2D eigenvalue weighted by Crippen LogP contribution is -2.30. The maximum absolute atomic E-state index is 12.8. The summed E-state index contributed by atoms with van der Waals surface area (Å²) in [7, 11) is 0. The molecule has 2 N–H and O–H groups in total. The maximum atomic E-state index is 12.8. The number of nitrogens with zero attached hydrogens (tertiary/aromatic N) is 1. The summed E-state index contributed by atoms with van der Waals surface area (Å²) in [5.41, 5.74) is 8.12. The minimum Gasteiger partial charge on any atom is -0.451 e. The van der Waals surface area contributed by atoms with Crippen LogP contribution in [0.5, 0.6) is 0 Å². The maximum Gasteiger partial charge on any atom is 0.293 e. The van der Waals surface area contributed by atoms with E-state index < -0.39 is 0 Å². The average molecular weight is 385 g/mol. The largest absolute Gasteiger partial charge is 0.451 e. The van der Waals surface area contributed by atoms with Crippen molar-refractivity contribution in [3.8, 4) is 11.3 Å². The van der Waals surface area contributed by atoms with Crippen LogP contribution >= 0.6 is 15.9 Å². The summed E-state index contributed by atoms with van der Waals surface area (Å²) in [6.07, 6.45) is 0. The number of hydrogen-bond acceptors (Lipinski definition) is 3. The van der Waals surface area contributed by atoms with E-state index in [4.69, 9.17) is 10.2 Å². The molecular weight excluding hydrogens is 368 g/mol. The standard InChI is InChI=1S/C19H17BrN2O2/c1-2-22(14-6-4-3-5-7-14)19(23)18-11-10-17(24-18)15-9-8-13(21)12-16(15)20/h3-12H,2,21H2,1H3. The van der Waals surface area contributed by atoms with E-state index in [9.17, 15) is 4.79 Å². The summed E-state index contributed by atoms with van der Waals surface area (Å²) in [5.74, 6) is 0.760. The molecule has 0 spiro atoms. The van der Waals surface area contributed by atoms with Gasteiger partial charge in [0.2, 0.25) is 0 Å². The van der Waals surface area contributed by atoms with E-state index in [0.717, 1.165) is 15.7 Å². The molecule has 5 heteroatoms. The molecule has 0 radical (unpaired) electrons. The van der Waals surface area contributed by atoms with E-state index in [1.807, 2.05) is 49.4 Å². The molecule has 4 nitrogen and oxygen atoms in total. The van der Waals surface area contributed by atoms with Crippen molar-refractivity contribution in [3.63, 3.8) is 0 Å². The van der Waals surface area contributed by atoms with Crippen molar-refractivity contribution in [2.75, 3.05) is 17.2 Å². The molecule has 0 saturated carbocycles. The third-order valence-corrected chi connectivity index (χ3v) is 4.36. The summed E-state index contributed by atoms with van der Waals surface area (Å²) in [5, 5.41) is 0. The number of amides is 1. The fraction of sp³-hybridized carbons (Fsp3) is 0.105. The summed E-state index contributed by atoms with van der Waals surface area (Å²) in [4.78, 5) is 14.4. The van der Waals surface area contributed by atoms with E-state index in [-0.39, 0.29) is 5.91 Å². The Bertz CT molecular complexity index is 859.